The standard InChI is InChI=1S/C20H21N3O3/c1-12-5-6-16(21-10-12)15-4-2-3-13-9-14(26-19(13)15)11-22-20(25)17-7-8-18(24)23-17/h2-6,10,14,17H,7-9,11H2,1H3,(H,22,25)(H,23,24)/t14?,17-/m0/s1. The van der Waals surface area contributed by atoms with Gasteiger partial charge in [-0.1, -0.05) is 18.2 Å². The normalized spacial score (nSPS) is 21.0. The second kappa shape index (κ2) is 6.78. The quantitative estimate of drug-likeness (QED) is 0.880. The molecule has 2 N–H and O–H groups in total. The molecule has 6 nitrogen and oxygen atoms in total. The van der Waals surface area contributed by atoms with Crippen LogP contribution in [0.5, 0.6) is 5.75 Å². The second-order valence-corrected chi connectivity index (χ2v) is 6.86. The molecular weight excluding hydrogens is 330 g/mol. The third-order valence-corrected chi connectivity index (χ3v) is 4.83. The number of para-hydroxylation sites is 1. The summed E-state index contributed by atoms with van der Waals surface area (Å²) < 4.78 is 6.11. The summed E-state index contributed by atoms with van der Waals surface area (Å²) in [7, 11) is 0. The number of carbonyl (C=O) groups excluding carboxylic acids is 2. The van der Waals surface area contributed by atoms with Crippen molar-refractivity contribution in [1.29, 1.82) is 0 Å². The molecule has 6 heteroatoms. The summed E-state index contributed by atoms with van der Waals surface area (Å²) in [5.74, 6) is 0.637. The van der Waals surface area contributed by atoms with Crippen LogP contribution in [0.1, 0.15) is 24.0 Å². The minimum atomic E-state index is -0.418. The molecule has 0 bridgehead atoms. The summed E-state index contributed by atoms with van der Waals surface area (Å²) in [6, 6.07) is 9.67. The van der Waals surface area contributed by atoms with Crippen LogP contribution in [0.15, 0.2) is 36.5 Å². The number of pyridine rings is 1. The molecule has 1 aromatic heterocycles. The highest BCUT2D eigenvalue weighted by molar-refractivity contribution is 5.90. The van der Waals surface area contributed by atoms with Crippen LogP contribution in [0.4, 0.5) is 0 Å². The SMILES string of the molecule is Cc1ccc(-c2cccc3c2OC(CNC(=O)[C@@H]2CCC(=O)N2)C3)nc1. The summed E-state index contributed by atoms with van der Waals surface area (Å²) in [5, 5.41) is 5.58. The number of aryl methyl sites for hydroxylation is 1. The Morgan fingerprint density at radius 2 is 2.23 bits per heavy atom. The molecule has 3 heterocycles. The van der Waals surface area contributed by atoms with Crippen LogP contribution >= 0.6 is 0 Å². The Morgan fingerprint density at radius 3 is 2.96 bits per heavy atom. The first kappa shape index (κ1) is 16.6. The fourth-order valence-electron chi connectivity index (χ4n) is 3.43. The molecule has 2 aliphatic rings. The molecule has 26 heavy (non-hydrogen) atoms. The second-order valence-electron chi connectivity index (χ2n) is 6.86. The first-order valence-corrected chi connectivity index (χ1v) is 8.89. The molecule has 1 aromatic carbocycles. The van der Waals surface area contributed by atoms with E-state index in [2.05, 4.69) is 15.6 Å². The average molecular weight is 351 g/mol. The molecule has 2 atom stereocenters. The highest BCUT2D eigenvalue weighted by atomic mass is 16.5. The van der Waals surface area contributed by atoms with Gasteiger partial charge in [-0.25, -0.2) is 0 Å². The summed E-state index contributed by atoms with van der Waals surface area (Å²) >= 11 is 0. The number of rotatable bonds is 4. The van der Waals surface area contributed by atoms with Gasteiger partial charge in [0.15, 0.2) is 0 Å². The highest BCUT2D eigenvalue weighted by Crippen LogP contribution is 2.37. The van der Waals surface area contributed by atoms with Gasteiger partial charge in [-0.3, -0.25) is 14.6 Å². The average Bonchev–Trinajstić information content (AvgIpc) is 3.26. The Morgan fingerprint density at radius 1 is 1.35 bits per heavy atom. The van der Waals surface area contributed by atoms with E-state index in [0.717, 1.165) is 34.6 Å². The van der Waals surface area contributed by atoms with Crippen LogP contribution in [0.2, 0.25) is 0 Å². The lowest BCUT2D eigenvalue weighted by Crippen LogP contribution is -2.44. The largest absolute Gasteiger partial charge is 0.487 e. The Balaban J connectivity index is 1.42. The smallest absolute Gasteiger partial charge is 0.242 e. The minimum Gasteiger partial charge on any atom is -0.487 e. The van der Waals surface area contributed by atoms with Crippen molar-refractivity contribution >= 4 is 11.8 Å². The number of nitrogens with one attached hydrogen (secondary N) is 2. The Labute approximate surface area is 152 Å². The van der Waals surface area contributed by atoms with Crippen LogP contribution in [0.25, 0.3) is 11.3 Å². The summed E-state index contributed by atoms with van der Waals surface area (Å²) in [6.45, 7) is 2.43. The fourth-order valence-corrected chi connectivity index (χ4v) is 3.43. The van der Waals surface area contributed by atoms with Gasteiger partial charge in [0.05, 0.1) is 12.2 Å². The van der Waals surface area contributed by atoms with E-state index in [1.807, 2.05) is 43.5 Å². The molecule has 0 aliphatic carbocycles. The summed E-state index contributed by atoms with van der Waals surface area (Å²) in [4.78, 5) is 27.9. The maximum atomic E-state index is 12.1. The maximum absolute atomic E-state index is 12.1. The number of benzene rings is 1. The van der Waals surface area contributed by atoms with Gasteiger partial charge in [-0.15, -0.1) is 0 Å². The predicted molar refractivity (Wildman–Crippen MR) is 96.7 cm³/mol. The van der Waals surface area contributed by atoms with Gasteiger partial charge >= 0.3 is 0 Å². The van der Waals surface area contributed by atoms with E-state index in [1.165, 1.54) is 0 Å². The molecule has 1 fully saturated rings. The highest BCUT2D eigenvalue weighted by Gasteiger charge is 2.30. The predicted octanol–water partition coefficient (Wildman–Crippen LogP) is 1.76. The van der Waals surface area contributed by atoms with Gasteiger partial charge in [0.25, 0.3) is 0 Å². The van der Waals surface area contributed by atoms with E-state index in [4.69, 9.17) is 4.74 Å². The number of carbonyl (C=O) groups is 2. The van der Waals surface area contributed by atoms with Crippen molar-refractivity contribution in [3.63, 3.8) is 0 Å². The molecule has 134 valence electrons. The topological polar surface area (TPSA) is 80.3 Å². The molecule has 2 amide bonds. The van der Waals surface area contributed by atoms with Gasteiger partial charge in [0.2, 0.25) is 11.8 Å². The van der Waals surface area contributed by atoms with Gasteiger partial charge in [-0.05, 0) is 36.6 Å². The minimum absolute atomic E-state index is 0.0649. The molecule has 0 saturated carbocycles. The van der Waals surface area contributed by atoms with Crippen LogP contribution in [0.3, 0.4) is 0 Å². The number of ether oxygens (including phenoxy) is 1. The zero-order valence-electron chi connectivity index (χ0n) is 14.6. The molecule has 2 aliphatic heterocycles. The number of amides is 2. The van der Waals surface area contributed by atoms with E-state index >= 15 is 0 Å². The van der Waals surface area contributed by atoms with Crippen molar-refractivity contribution in [2.45, 2.75) is 38.3 Å². The van der Waals surface area contributed by atoms with E-state index in [0.29, 0.717) is 19.4 Å². The summed E-state index contributed by atoms with van der Waals surface area (Å²) in [6.07, 6.45) is 3.44. The number of fused-ring (bicyclic) bond motifs is 1. The van der Waals surface area contributed by atoms with Crippen molar-refractivity contribution < 1.29 is 14.3 Å². The van der Waals surface area contributed by atoms with Gasteiger partial charge in [0, 0.05) is 24.6 Å². The molecule has 0 spiro atoms. The molecule has 1 unspecified atom stereocenters. The first-order chi connectivity index (χ1) is 12.6. The Bertz CT molecular complexity index is 848. The third-order valence-electron chi connectivity index (χ3n) is 4.83. The van der Waals surface area contributed by atoms with Crippen molar-refractivity contribution in [2.24, 2.45) is 0 Å². The molecule has 0 radical (unpaired) electrons. The van der Waals surface area contributed by atoms with Crippen molar-refractivity contribution in [2.75, 3.05) is 6.54 Å². The van der Waals surface area contributed by atoms with Crippen LogP contribution < -0.4 is 15.4 Å². The lowest BCUT2D eigenvalue weighted by atomic mass is 10.0. The van der Waals surface area contributed by atoms with Crippen LogP contribution in [-0.4, -0.2) is 35.5 Å². The van der Waals surface area contributed by atoms with Crippen LogP contribution in [0, 0.1) is 6.92 Å². The lowest BCUT2D eigenvalue weighted by Gasteiger charge is -2.15. The van der Waals surface area contributed by atoms with Crippen molar-refractivity contribution in [3.05, 3.63) is 47.7 Å². The Hall–Kier alpha value is -2.89. The third kappa shape index (κ3) is 3.27. The van der Waals surface area contributed by atoms with E-state index in [-0.39, 0.29) is 17.9 Å². The molecule has 4 rings (SSSR count). The molecule has 2 aromatic rings. The van der Waals surface area contributed by atoms with Crippen molar-refractivity contribution in [1.82, 2.24) is 15.6 Å². The zero-order valence-corrected chi connectivity index (χ0v) is 14.6. The number of hydrogen-bond acceptors (Lipinski definition) is 4. The summed E-state index contributed by atoms with van der Waals surface area (Å²) in [5.41, 5.74) is 4.09. The van der Waals surface area contributed by atoms with E-state index in [9.17, 15) is 9.59 Å². The van der Waals surface area contributed by atoms with Crippen LogP contribution in [-0.2, 0) is 16.0 Å². The first-order valence-electron chi connectivity index (χ1n) is 8.89. The van der Waals surface area contributed by atoms with E-state index in [1.54, 1.807) is 0 Å². The Kier molecular flexibility index (Phi) is 4.32. The number of aromatic nitrogens is 1. The lowest BCUT2D eigenvalue weighted by molar-refractivity contribution is -0.126. The molecular formula is C20H21N3O3. The zero-order chi connectivity index (χ0) is 18.1. The van der Waals surface area contributed by atoms with Gasteiger partial charge < -0.3 is 15.4 Å². The number of hydrogen-bond donors (Lipinski definition) is 2. The van der Waals surface area contributed by atoms with Gasteiger partial charge in [-0.2, -0.15) is 0 Å². The number of nitrogens with zero attached hydrogens (tertiary/aromatic N) is 1. The monoisotopic (exact) mass is 351 g/mol. The maximum Gasteiger partial charge on any atom is 0.242 e. The van der Waals surface area contributed by atoms with Crippen molar-refractivity contribution in [3.8, 4) is 17.0 Å². The fraction of sp³-hybridized carbons (Fsp3) is 0.350. The molecule has 1 saturated heterocycles. The van der Waals surface area contributed by atoms with Gasteiger partial charge in [0.1, 0.15) is 17.9 Å². The van der Waals surface area contributed by atoms with E-state index < -0.39 is 6.04 Å².